The molecule has 21 heavy (non-hydrogen) atoms. The normalized spacial score (nSPS) is 12.3. The highest BCUT2D eigenvalue weighted by molar-refractivity contribution is 6.36. The monoisotopic (exact) mass is 320 g/mol. The molecule has 0 aliphatic heterocycles. The van der Waals surface area contributed by atoms with Crippen molar-refractivity contribution in [2.24, 2.45) is 0 Å². The zero-order valence-corrected chi connectivity index (χ0v) is 12.2. The van der Waals surface area contributed by atoms with E-state index in [9.17, 15) is 5.11 Å². The molecular weight excluding hydrogens is 311 g/mol. The fourth-order valence-electron chi connectivity index (χ4n) is 1.94. The minimum atomic E-state index is -0.925. The summed E-state index contributed by atoms with van der Waals surface area (Å²) in [7, 11) is 0. The topological polar surface area (TPSA) is 59.2 Å². The Hall–Kier alpha value is -1.88. The van der Waals surface area contributed by atoms with Gasteiger partial charge in [0, 0.05) is 34.6 Å². The molecule has 0 saturated carbocycles. The average molecular weight is 321 g/mol. The van der Waals surface area contributed by atoms with Crippen molar-refractivity contribution in [2.75, 3.05) is 0 Å². The number of aromatic nitrogens is 2. The highest BCUT2D eigenvalue weighted by Gasteiger charge is 2.18. The van der Waals surface area contributed by atoms with Crippen LogP contribution >= 0.6 is 23.2 Å². The van der Waals surface area contributed by atoms with E-state index >= 15 is 0 Å². The number of nitrogens with zero attached hydrogens (tertiary/aromatic N) is 2. The summed E-state index contributed by atoms with van der Waals surface area (Å²) >= 11 is 12.0. The van der Waals surface area contributed by atoms with E-state index in [1.165, 1.54) is 0 Å². The van der Waals surface area contributed by atoms with Crippen LogP contribution in [0.15, 0.2) is 53.3 Å². The van der Waals surface area contributed by atoms with Crippen LogP contribution in [0.3, 0.4) is 0 Å². The Morgan fingerprint density at radius 1 is 1.14 bits per heavy atom. The Labute approximate surface area is 130 Å². The molecule has 0 bridgehead atoms. The van der Waals surface area contributed by atoms with Gasteiger partial charge in [0.15, 0.2) is 5.76 Å². The van der Waals surface area contributed by atoms with E-state index in [2.05, 4.69) is 10.1 Å². The molecule has 0 fully saturated rings. The fraction of sp³-hybridized carbons (Fsp3) is 0.0667. The van der Waals surface area contributed by atoms with E-state index < -0.39 is 6.10 Å². The standard InChI is InChI=1S/C15H10Cl2N2O2/c16-10-3-4-11(12(17)6-10)13-7-14(21-19-13)15(20)9-2-1-5-18-8-9/h1-8,15,20H. The lowest BCUT2D eigenvalue weighted by Gasteiger charge is -2.05. The van der Waals surface area contributed by atoms with Gasteiger partial charge in [0.2, 0.25) is 0 Å². The zero-order chi connectivity index (χ0) is 14.8. The predicted molar refractivity (Wildman–Crippen MR) is 80.3 cm³/mol. The van der Waals surface area contributed by atoms with E-state index in [0.29, 0.717) is 32.6 Å². The summed E-state index contributed by atoms with van der Waals surface area (Å²) in [6.07, 6.45) is 2.28. The SMILES string of the molecule is OC(c1cccnc1)c1cc(-c2ccc(Cl)cc2Cl)no1. The Balaban J connectivity index is 1.93. The van der Waals surface area contributed by atoms with E-state index in [1.807, 2.05) is 0 Å². The molecule has 6 heteroatoms. The maximum atomic E-state index is 10.2. The van der Waals surface area contributed by atoms with Crippen LogP contribution in [-0.4, -0.2) is 15.2 Å². The number of hydrogen-bond acceptors (Lipinski definition) is 4. The third-order valence-electron chi connectivity index (χ3n) is 3.01. The molecule has 1 atom stereocenters. The van der Waals surface area contributed by atoms with Crippen molar-refractivity contribution < 1.29 is 9.63 Å². The molecule has 0 spiro atoms. The molecule has 0 saturated heterocycles. The molecule has 3 aromatic rings. The lowest BCUT2D eigenvalue weighted by Crippen LogP contribution is -1.97. The molecule has 3 rings (SSSR count). The van der Waals surface area contributed by atoms with Crippen molar-refractivity contribution >= 4 is 23.2 Å². The number of aliphatic hydroxyl groups excluding tert-OH is 1. The van der Waals surface area contributed by atoms with Gasteiger partial charge in [-0.3, -0.25) is 4.98 Å². The number of benzene rings is 1. The van der Waals surface area contributed by atoms with Crippen molar-refractivity contribution in [1.82, 2.24) is 10.1 Å². The zero-order valence-electron chi connectivity index (χ0n) is 10.7. The van der Waals surface area contributed by atoms with Crippen LogP contribution in [0.4, 0.5) is 0 Å². The minimum absolute atomic E-state index is 0.323. The molecular formula is C15H10Cl2N2O2. The van der Waals surface area contributed by atoms with Gasteiger partial charge < -0.3 is 9.63 Å². The van der Waals surface area contributed by atoms with Crippen LogP contribution in [0.1, 0.15) is 17.4 Å². The summed E-state index contributed by atoms with van der Waals surface area (Å²) in [6.45, 7) is 0. The number of pyridine rings is 1. The molecule has 2 aromatic heterocycles. The maximum Gasteiger partial charge on any atom is 0.170 e. The van der Waals surface area contributed by atoms with Crippen LogP contribution in [0.5, 0.6) is 0 Å². The lowest BCUT2D eigenvalue weighted by atomic mass is 10.1. The molecule has 2 heterocycles. The molecule has 0 aliphatic rings. The van der Waals surface area contributed by atoms with Crippen LogP contribution in [0.2, 0.25) is 10.0 Å². The minimum Gasteiger partial charge on any atom is -0.380 e. The second kappa shape index (κ2) is 5.85. The van der Waals surface area contributed by atoms with Gasteiger partial charge in [-0.05, 0) is 24.3 Å². The first kappa shape index (κ1) is 14.1. The van der Waals surface area contributed by atoms with Gasteiger partial charge >= 0.3 is 0 Å². The Kier molecular flexibility index (Phi) is 3.92. The average Bonchev–Trinajstić information content (AvgIpc) is 2.97. The highest BCUT2D eigenvalue weighted by Crippen LogP contribution is 2.32. The van der Waals surface area contributed by atoms with Gasteiger partial charge in [-0.2, -0.15) is 0 Å². The van der Waals surface area contributed by atoms with Gasteiger partial charge in [-0.15, -0.1) is 0 Å². The number of aliphatic hydroxyl groups is 1. The van der Waals surface area contributed by atoms with Crippen LogP contribution in [-0.2, 0) is 0 Å². The second-order valence-corrected chi connectivity index (χ2v) is 5.27. The van der Waals surface area contributed by atoms with Crippen molar-refractivity contribution in [2.45, 2.75) is 6.10 Å². The third kappa shape index (κ3) is 2.93. The largest absolute Gasteiger partial charge is 0.380 e. The van der Waals surface area contributed by atoms with Crippen LogP contribution in [0, 0.1) is 0 Å². The van der Waals surface area contributed by atoms with Crippen molar-refractivity contribution in [3.63, 3.8) is 0 Å². The van der Waals surface area contributed by atoms with Crippen molar-refractivity contribution in [3.05, 3.63) is 70.2 Å². The van der Waals surface area contributed by atoms with Crippen molar-refractivity contribution in [3.8, 4) is 11.3 Å². The van der Waals surface area contributed by atoms with E-state index in [-0.39, 0.29) is 0 Å². The van der Waals surface area contributed by atoms with E-state index in [4.69, 9.17) is 27.7 Å². The molecule has 0 amide bonds. The summed E-state index contributed by atoms with van der Waals surface area (Å²) in [5.74, 6) is 0.323. The molecule has 1 N–H and O–H groups in total. The fourth-order valence-corrected chi connectivity index (χ4v) is 2.45. The molecule has 4 nitrogen and oxygen atoms in total. The molecule has 0 aliphatic carbocycles. The van der Waals surface area contributed by atoms with Crippen LogP contribution < -0.4 is 0 Å². The summed E-state index contributed by atoms with van der Waals surface area (Å²) in [5, 5.41) is 15.2. The quantitative estimate of drug-likeness (QED) is 0.788. The van der Waals surface area contributed by atoms with E-state index in [1.54, 1.807) is 48.8 Å². The van der Waals surface area contributed by atoms with Gasteiger partial charge in [-0.25, -0.2) is 0 Å². The number of rotatable bonds is 3. The first-order valence-electron chi connectivity index (χ1n) is 6.15. The van der Waals surface area contributed by atoms with Gasteiger partial charge in [0.05, 0.1) is 5.02 Å². The molecule has 1 unspecified atom stereocenters. The summed E-state index contributed by atoms with van der Waals surface area (Å²) < 4.78 is 5.20. The maximum absolute atomic E-state index is 10.2. The number of halogens is 2. The lowest BCUT2D eigenvalue weighted by molar-refractivity contribution is 0.176. The Bertz CT molecular complexity index is 759. The molecule has 0 radical (unpaired) electrons. The Morgan fingerprint density at radius 2 is 2.00 bits per heavy atom. The highest BCUT2D eigenvalue weighted by atomic mass is 35.5. The molecule has 106 valence electrons. The van der Waals surface area contributed by atoms with E-state index in [0.717, 1.165) is 0 Å². The number of hydrogen-bond donors (Lipinski definition) is 1. The van der Waals surface area contributed by atoms with Crippen LogP contribution in [0.25, 0.3) is 11.3 Å². The van der Waals surface area contributed by atoms with Gasteiger partial charge in [-0.1, -0.05) is 34.4 Å². The summed E-state index contributed by atoms with van der Waals surface area (Å²) in [5.41, 5.74) is 1.85. The predicted octanol–water partition coefficient (Wildman–Crippen LogP) is 4.13. The Morgan fingerprint density at radius 3 is 2.71 bits per heavy atom. The summed E-state index contributed by atoms with van der Waals surface area (Å²) in [4.78, 5) is 3.96. The first-order chi connectivity index (χ1) is 10.1. The molecule has 1 aromatic carbocycles. The second-order valence-electron chi connectivity index (χ2n) is 4.43. The first-order valence-corrected chi connectivity index (χ1v) is 6.91. The third-order valence-corrected chi connectivity index (χ3v) is 3.55. The summed E-state index contributed by atoms with van der Waals surface area (Å²) in [6, 6.07) is 10.2. The van der Waals surface area contributed by atoms with Gasteiger partial charge in [0.1, 0.15) is 11.8 Å². The van der Waals surface area contributed by atoms with Crippen molar-refractivity contribution in [1.29, 1.82) is 0 Å². The smallest absolute Gasteiger partial charge is 0.170 e. The van der Waals surface area contributed by atoms with Gasteiger partial charge in [0.25, 0.3) is 0 Å².